The molecule has 1 aliphatic rings. The van der Waals surface area contributed by atoms with E-state index in [4.69, 9.17) is 9.47 Å². The summed E-state index contributed by atoms with van der Waals surface area (Å²) < 4.78 is 10.1. The number of rotatable bonds is 3. The molecule has 1 saturated heterocycles. The van der Waals surface area contributed by atoms with Crippen LogP contribution in [0.3, 0.4) is 0 Å². The van der Waals surface area contributed by atoms with Crippen molar-refractivity contribution >= 4 is 5.97 Å². The Morgan fingerprint density at radius 2 is 1.95 bits per heavy atom. The maximum Gasteiger partial charge on any atom is 0.338 e. The summed E-state index contributed by atoms with van der Waals surface area (Å²) in [4.78, 5) is 11.7. The molecule has 0 saturated carbocycles. The van der Waals surface area contributed by atoms with E-state index in [0.29, 0.717) is 5.56 Å². The molecule has 19 heavy (non-hydrogen) atoms. The van der Waals surface area contributed by atoms with Crippen LogP contribution in [0, 0.1) is 0 Å². The first-order chi connectivity index (χ1) is 9.08. The lowest BCUT2D eigenvalue weighted by Crippen LogP contribution is -2.49. The van der Waals surface area contributed by atoms with Gasteiger partial charge in [-0.15, -0.1) is 0 Å². The second-order valence-electron chi connectivity index (χ2n) is 4.41. The summed E-state index contributed by atoms with van der Waals surface area (Å²) in [6, 6.07) is 8.47. The first-order valence-electron chi connectivity index (χ1n) is 6.00. The molecule has 104 valence electrons. The van der Waals surface area contributed by atoms with Crippen molar-refractivity contribution in [2.24, 2.45) is 0 Å². The van der Waals surface area contributed by atoms with E-state index in [9.17, 15) is 20.1 Å². The quantitative estimate of drug-likeness (QED) is 0.650. The van der Waals surface area contributed by atoms with Crippen molar-refractivity contribution in [1.29, 1.82) is 0 Å². The highest BCUT2D eigenvalue weighted by Gasteiger charge is 2.36. The minimum Gasteiger partial charge on any atom is -0.459 e. The molecule has 3 N–H and O–H groups in total. The molecule has 6 heteroatoms. The lowest BCUT2D eigenvalue weighted by atomic mass is 10.0. The van der Waals surface area contributed by atoms with Crippen molar-refractivity contribution in [2.75, 3.05) is 6.61 Å². The molecule has 2 unspecified atom stereocenters. The Balaban J connectivity index is 1.84. The van der Waals surface area contributed by atoms with Gasteiger partial charge in [0.1, 0.15) is 12.7 Å². The Labute approximate surface area is 110 Å². The maximum absolute atomic E-state index is 11.7. The van der Waals surface area contributed by atoms with Crippen molar-refractivity contribution in [1.82, 2.24) is 0 Å². The van der Waals surface area contributed by atoms with Crippen molar-refractivity contribution in [3.63, 3.8) is 0 Å². The fourth-order valence-corrected chi connectivity index (χ4v) is 1.87. The zero-order valence-corrected chi connectivity index (χ0v) is 10.2. The topological polar surface area (TPSA) is 96.2 Å². The minimum atomic E-state index is -1.47. The van der Waals surface area contributed by atoms with Crippen LogP contribution < -0.4 is 0 Å². The summed E-state index contributed by atoms with van der Waals surface area (Å²) in [5.41, 5.74) is 0.416. The summed E-state index contributed by atoms with van der Waals surface area (Å²) in [5.74, 6) is -0.501. The van der Waals surface area contributed by atoms with Gasteiger partial charge in [-0.25, -0.2) is 4.79 Å². The van der Waals surface area contributed by atoms with E-state index in [1.165, 1.54) is 0 Å². The number of hydrogen-bond donors (Lipinski definition) is 3. The van der Waals surface area contributed by atoms with Gasteiger partial charge in [0.05, 0.1) is 17.8 Å². The molecular weight excluding hydrogens is 252 g/mol. The van der Waals surface area contributed by atoms with Gasteiger partial charge < -0.3 is 24.8 Å². The first-order valence-corrected chi connectivity index (χ1v) is 6.00. The second-order valence-corrected chi connectivity index (χ2v) is 4.41. The number of carbonyl (C=O) groups excluding carboxylic acids is 1. The molecular formula is C13H16O6. The van der Waals surface area contributed by atoms with E-state index >= 15 is 0 Å². The van der Waals surface area contributed by atoms with Gasteiger partial charge in [0.25, 0.3) is 0 Å². The molecule has 0 radical (unpaired) electrons. The van der Waals surface area contributed by atoms with Crippen LogP contribution in [0.25, 0.3) is 0 Å². The molecule has 1 aromatic carbocycles. The summed E-state index contributed by atoms with van der Waals surface area (Å²) in [5, 5.41) is 28.1. The van der Waals surface area contributed by atoms with Crippen molar-refractivity contribution in [3.05, 3.63) is 35.9 Å². The van der Waals surface area contributed by atoms with E-state index in [0.717, 1.165) is 0 Å². The Morgan fingerprint density at radius 3 is 2.58 bits per heavy atom. The lowest BCUT2D eigenvalue weighted by Gasteiger charge is -2.33. The summed E-state index contributed by atoms with van der Waals surface area (Å²) in [6.45, 7) is -0.0887. The molecule has 1 aromatic rings. The molecule has 4 atom stereocenters. The SMILES string of the molecule is O=C(OC[C@H]1CC(O)C(O)[C@@H](O)O1)c1ccccc1. The minimum absolute atomic E-state index is 0.0887. The Kier molecular flexibility index (Phi) is 4.49. The van der Waals surface area contributed by atoms with Gasteiger partial charge in [-0.3, -0.25) is 0 Å². The summed E-state index contributed by atoms with van der Waals surface area (Å²) in [7, 11) is 0. The number of benzene rings is 1. The van der Waals surface area contributed by atoms with Crippen molar-refractivity contribution in [2.45, 2.75) is 31.0 Å². The van der Waals surface area contributed by atoms with Gasteiger partial charge >= 0.3 is 5.97 Å². The van der Waals surface area contributed by atoms with Crippen LogP contribution in [0.15, 0.2) is 30.3 Å². The van der Waals surface area contributed by atoms with E-state index in [2.05, 4.69) is 0 Å². The first kappa shape index (κ1) is 14.0. The fraction of sp³-hybridized carbons (Fsp3) is 0.462. The van der Waals surface area contributed by atoms with Crippen molar-refractivity contribution in [3.8, 4) is 0 Å². The number of aliphatic hydroxyl groups excluding tert-OH is 3. The van der Waals surface area contributed by atoms with Crippen molar-refractivity contribution < 1.29 is 29.6 Å². The average molecular weight is 268 g/mol. The maximum atomic E-state index is 11.7. The van der Waals surface area contributed by atoms with Gasteiger partial charge in [-0.1, -0.05) is 18.2 Å². The Bertz CT molecular complexity index is 408. The number of hydrogen-bond acceptors (Lipinski definition) is 6. The Hall–Kier alpha value is -1.47. The largest absolute Gasteiger partial charge is 0.459 e. The normalized spacial score (nSPS) is 30.9. The van der Waals surface area contributed by atoms with E-state index in [-0.39, 0.29) is 13.0 Å². The molecule has 0 amide bonds. The molecule has 0 aliphatic carbocycles. The van der Waals surface area contributed by atoms with Crippen LogP contribution in [0.1, 0.15) is 16.8 Å². The van der Waals surface area contributed by atoms with Gasteiger partial charge in [0.2, 0.25) is 0 Å². The lowest BCUT2D eigenvalue weighted by molar-refractivity contribution is -0.251. The molecule has 0 spiro atoms. The molecule has 1 fully saturated rings. The van der Waals surface area contributed by atoms with E-state index in [1.54, 1.807) is 30.3 Å². The Morgan fingerprint density at radius 1 is 1.26 bits per heavy atom. The van der Waals surface area contributed by atoms with Gasteiger partial charge in [-0.05, 0) is 12.1 Å². The van der Waals surface area contributed by atoms with Crippen LogP contribution >= 0.6 is 0 Å². The number of carbonyl (C=O) groups is 1. The van der Waals surface area contributed by atoms with Crippen LogP contribution in [-0.2, 0) is 9.47 Å². The fourth-order valence-electron chi connectivity index (χ4n) is 1.87. The van der Waals surface area contributed by atoms with Gasteiger partial charge in [-0.2, -0.15) is 0 Å². The molecule has 6 nitrogen and oxygen atoms in total. The predicted molar refractivity (Wildman–Crippen MR) is 64.2 cm³/mol. The highest BCUT2D eigenvalue weighted by molar-refractivity contribution is 5.89. The van der Waals surface area contributed by atoms with Gasteiger partial charge in [0.15, 0.2) is 6.29 Å². The third-order valence-corrected chi connectivity index (χ3v) is 2.93. The third kappa shape index (κ3) is 3.51. The molecule has 1 aliphatic heterocycles. The number of esters is 1. The van der Waals surface area contributed by atoms with Crippen LogP contribution in [0.4, 0.5) is 0 Å². The average Bonchev–Trinajstić information content (AvgIpc) is 2.43. The zero-order chi connectivity index (χ0) is 13.8. The monoisotopic (exact) mass is 268 g/mol. The zero-order valence-electron chi connectivity index (χ0n) is 10.2. The smallest absolute Gasteiger partial charge is 0.338 e. The predicted octanol–water partition coefficient (Wildman–Crippen LogP) is -0.328. The molecule has 2 rings (SSSR count). The second kappa shape index (κ2) is 6.12. The molecule has 0 aromatic heterocycles. The summed E-state index contributed by atoms with van der Waals surface area (Å²) in [6.07, 6.45) is -4.43. The van der Waals surface area contributed by atoms with Crippen LogP contribution in [0.5, 0.6) is 0 Å². The molecule has 1 heterocycles. The number of aliphatic hydroxyl groups is 3. The van der Waals surface area contributed by atoms with Crippen LogP contribution in [-0.4, -0.2) is 52.5 Å². The standard InChI is InChI=1S/C13H16O6/c14-10-6-9(19-13(17)11(10)15)7-18-12(16)8-4-2-1-3-5-8/h1-5,9-11,13-15,17H,6-7H2/t9-,10?,11?,13+/m1/s1. The van der Waals surface area contributed by atoms with Crippen LogP contribution in [0.2, 0.25) is 0 Å². The highest BCUT2D eigenvalue weighted by atomic mass is 16.6. The summed E-state index contributed by atoms with van der Waals surface area (Å²) >= 11 is 0. The van der Waals surface area contributed by atoms with Gasteiger partial charge in [0, 0.05) is 6.42 Å². The highest BCUT2D eigenvalue weighted by Crippen LogP contribution is 2.19. The third-order valence-electron chi connectivity index (χ3n) is 2.93. The number of ether oxygens (including phenoxy) is 2. The molecule has 0 bridgehead atoms. The van der Waals surface area contributed by atoms with E-state index < -0.39 is 30.6 Å². The van der Waals surface area contributed by atoms with E-state index in [1.807, 2.05) is 0 Å².